The molecular formula is C46H57N15O4. The molecule has 2 amide bonds. The van der Waals surface area contributed by atoms with Gasteiger partial charge in [0.2, 0.25) is 11.9 Å². The van der Waals surface area contributed by atoms with Crippen LogP contribution in [0.15, 0.2) is 53.6 Å². The molecule has 1 aliphatic heterocycles. The van der Waals surface area contributed by atoms with Gasteiger partial charge in [0.25, 0.3) is 11.5 Å². The summed E-state index contributed by atoms with van der Waals surface area (Å²) in [5.41, 5.74) is 2.67. The van der Waals surface area contributed by atoms with E-state index in [2.05, 4.69) is 61.5 Å². The van der Waals surface area contributed by atoms with Crippen molar-refractivity contribution in [2.75, 3.05) is 84.9 Å². The number of aryl methyl sites for hydroxylation is 1. The molecule has 4 aliphatic rings. The van der Waals surface area contributed by atoms with E-state index < -0.39 is 0 Å². The molecule has 19 nitrogen and oxygen atoms in total. The van der Waals surface area contributed by atoms with Crippen LogP contribution in [-0.4, -0.2) is 123 Å². The number of anilines is 7. The molecule has 5 aromatic rings. The van der Waals surface area contributed by atoms with Gasteiger partial charge in [-0.3, -0.25) is 28.6 Å². The van der Waals surface area contributed by atoms with Crippen LogP contribution in [0.1, 0.15) is 90.6 Å². The highest BCUT2D eigenvalue weighted by molar-refractivity contribution is 6.07. The topological polar surface area (TPSA) is 220 Å². The number of pyridine rings is 3. The van der Waals surface area contributed by atoms with Crippen LogP contribution in [0.4, 0.5) is 40.7 Å². The van der Waals surface area contributed by atoms with Gasteiger partial charge in [0.1, 0.15) is 23.1 Å². The van der Waals surface area contributed by atoms with Crippen LogP contribution in [0.5, 0.6) is 0 Å². The van der Waals surface area contributed by atoms with Gasteiger partial charge in [-0.25, -0.2) is 15.0 Å². The van der Waals surface area contributed by atoms with E-state index in [4.69, 9.17) is 4.98 Å². The molecule has 6 heterocycles. The summed E-state index contributed by atoms with van der Waals surface area (Å²) in [5, 5.41) is 24.9. The highest BCUT2D eigenvalue weighted by atomic mass is 16.2. The molecule has 340 valence electrons. The summed E-state index contributed by atoms with van der Waals surface area (Å²) in [7, 11) is 5.55. The lowest BCUT2D eigenvalue weighted by atomic mass is 9.52. The van der Waals surface area contributed by atoms with Crippen LogP contribution in [0.2, 0.25) is 0 Å². The van der Waals surface area contributed by atoms with Crippen molar-refractivity contribution in [1.29, 1.82) is 0 Å². The van der Waals surface area contributed by atoms with Crippen molar-refractivity contribution in [3.63, 3.8) is 0 Å². The Hall–Kier alpha value is -6.76. The number of piperazine rings is 1. The quantitative estimate of drug-likeness (QED) is 0.0949. The third-order valence-electron chi connectivity index (χ3n) is 13.5. The fourth-order valence-electron chi connectivity index (χ4n) is 10.1. The highest BCUT2D eigenvalue weighted by Gasteiger charge is 2.53. The minimum absolute atomic E-state index is 0.000286. The molecule has 0 bridgehead atoms. The molecule has 3 saturated carbocycles. The van der Waals surface area contributed by atoms with E-state index >= 15 is 0 Å². The molecule has 1 spiro atoms. The Morgan fingerprint density at radius 1 is 0.846 bits per heavy atom. The second-order valence-electron chi connectivity index (χ2n) is 18.3. The minimum atomic E-state index is -0.318. The van der Waals surface area contributed by atoms with Crippen LogP contribution in [0.3, 0.4) is 0 Å². The van der Waals surface area contributed by atoms with Crippen LogP contribution in [0, 0.1) is 12.3 Å². The lowest BCUT2D eigenvalue weighted by molar-refractivity contribution is -0.125. The zero-order valence-electron chi connectivity index (χ0n) is 37.6. The number of fused-ring (bicyclic) bond motifs is 1. The van der Waals surface area contributed by atoms with Gasteiger partial charge >= 0.3 is 0 Å². The summed E-state index contributed by atoms with van der Waals surface area (Å²) in [5.74, 6) is 2.62. The molecule has 0 unspecified atom stereocenters. The second-order valence-corrected chi connectivity index (χ2v) is 18.3. The average molecular weight is 884 g/mol. The van der Waals surface area contributed by atoms with E-state index in [-0.39, 0.29) is 52.3 Å². The molecule has 5 aromatic heterocycles. The molecule has 4 fully saturated rings. The molecule has 0 aromatic carbocycles. The van der Waals surface area contributed by atoms with Crippen molar-refractivity contribution < 1.29 is 14.4 Å². The van der Waals surface area contributed by atoms with Gasteiger partial charge in [0.15, 0.2) is 17.4 Å². The fraction of sp³-hybridized carbons (Fsp3) is 0.478. The zero-order valence-corrected chi connectivity index (χ0v) is 37.6. The van der Waals surface area contributed by atoms with Crippen molar-refractivity contribution in [3.05, 3.63) is 75.8 Å². The van der Waals surface area contributed by atoms with Crippen molar-refractivity contribution >= 4 is 69.4 Å². The first-order chi connectivity index (χ1) is 31.3. The van der Waals surface area contributed by atoms with Crippen molar-refractivity contribution in [1.82, 2.24) is 44.9 Å². The SMILES string of the molecule is CNc1ccc(C(=O)Nc2ccc(N(C)C)nn2)c(NC2CC3(CC(NC(=O)CN4CCN(c5ccc(Nc6ncc7c(C)c(C(C)=O)c(=O)n(C8CCCC8)c7n6)nc5)CC4)C3)C2)n1. The number of carbonyl (C=O) groups is 3. The normalized spacial score (nSPS) is 20.8. The van der Waals surface area contributed by atoms with E-state index in [1.807, 2.05) is 37.3 Å². The molecule has 19 heteroatoms. The van der Waals surface area contributed by atoms with E-state index in [1.54, 1.807) is 49.0 Å². The maximum absolute atomic E-state index is 13.6. The minimum Gasteiger partial charge on any atom is -0.373 e. The van der Waals surface area contributed by atoms with E-state index in [9.17, 15) is 19.2 Å². The first kappa shape index (κ1) is 43.5. The molecule has 5 N–H and O–H groups in total. The predicted molar refractivity (Wildman–Crippen MR) is 251 cm³/mol. The smallest absolute Gasteiger partial charge is 0.263 e. The highest BCUT2D eigenvalue weighted by Crippen LogP contribution is 2.56. The van der Waals surface area contributed by atoms with Gasteiger partial charge in [0, 0.05) is 77.0 Å². The first-order valence-electron chi connectivity index (χ1n) is 22.6. The Labute approximate surface area is 377 Å². The number of carbonyl (C=O) groups excluding carboxylic acids is 3. The zero-order chi connectivity index (χ0) is 45.4. The number of Topliss-reactive ketones (excluding diaryl/α,β-unsaturated/α-hetero) is 1. The third kappa shape index (κ3) is 9.14. The molecule has 3 aliphatic carbocycles. The summed E-state index contributed by atoms with van der Waals surface area (Å²) in [6.45, 7) is 6.63. The summed E-state index contributed by atoms with van der Waals surface area (Å²) in [6, 6.07) is 11.3. The lowest BCUT2D eigenvalue weighted by Gasteiger charge is -2.58. The Morgan fingerprint density at radius 3 is 2.23 bits per heavy atom. The largest absolute Gasteiger partial charge is 0.373 e. The second kappa shape index (κ2) is 18.0. The standard InChI is InChI=1S/C46H57N15O4/c1-27-34-25-49-45(55-42(34)61(31-8-6-7-9-31)44(65)40(27)28(2)62)54-36-12-10-32(24-48-36)60-18-16-59(17-19-60)26-39(63)50-29-20-46(21-29)22-30(23-46)51-41-33(11-13-35(47-3)52-41)43(64)53-37-14-15-38(57-56-37)58(4)5/h10-15,24-25,29-31H,6-9,16-23,26H2,1-5H3,(H,50,63)(H2,47,51,52)(H,53,56,64)(H,48,49,54,55). The average Bonchev–Trinajstić information content (AvgIpc) is 3.80. The maximum Gasteiger partial charge on any atom is 0.263 e. The van der Waals surface area contributed by atoms with Gasteiger partial charge < -0.3 is 36.4 Å². The number of rotatable bonds is 14. The van der Waals surface area contributed by atoms with E-state index in [0.717, 1.165) is 83.2 Å². The number of hydrogen-bond donors (Lipinski definition) is 5. The van der Waals surface area contributed by atoms with Crippen molar-refractivity contribution in [3.8, 4) is 0 Å². The van der Waals surface area contributed by atoms with Crippen LogP contribution >= 0.6 is 0 Å². The van der Waals surface area contributed by atoms with Crippen LogP contribution < -0.4 is 41.9 Å². The number of nitrogens with one attached hydrogen (secondary N) is 5. The Balaban J connectivity index is 0.723. The van der Waals surface area contributed by atoms with Crippen LogP contribution in [-0.2, 0) is 4.79 Å². The van der Waals surface area contributed by atoms with Crippen molar-refractivity contribution in [2.45, 2.75) is 83.3 Å². The van der Waals surface area contributed by atoms with Gasteiger partial charge in [0.05, 0.1) is 29.6 Å². The van der Waals surface area contributed by atoms with E-state index in [0.29, 0.717) is 63.7 Å². The Kier molecular flexibility index (Phi) is 12.1. The maximum atomic E-state index is 13.6. The fourth-order valence-corrected chi connectivity index (χ4v) is 10.1. The molecular weight excluding hydrogens is 827 g/mol. The van der Waals surface area contributed by atoms with Crippen LogP contribution in [0.25, 0.3) is 11.0 Å². The number of amides is 2. The Morgan fingerprint density at radius 2 is 1.57 bits per heavy atom. The number of nitrogens with zero attached hydrogens (tertiary/aromatic N) is 10. The van der Waals surface area contributed by atoms with Gasteiger partial charge in [-0.1, -0.05) is 12.8 Å². The predicted octanol–water partition coefficient (Wildman–Crippen LogP) is 4.76. The Bertz CT molecular complexity index is 2640. The number of ketones is 1. The first-order valence-corrected chi connectivity index (χ1v) is 22.6. The van der Waals surface area contributed by atoms with Gasteiger partial charge in [-0.2, -0.15) is 4.98 Å². The summed E-state index contributed by atoms with van der Waals surface area (Å²) >= 11 is 0. The third-order valence-corrected chi connectivity index (χ3v) is 13.5. The lowest BCUT2D eigenvalue weighted by Crippen LogP contribution is -2.60. The van der Waals surface area contributed by atoms with E-state index in [1.165, 1.54) is 6.92 Å². The summed E-state index contributed by atoms with van der Waals surface area (Å²) < 4.78 is 1.71. The summed E-state index contributed by atoms with van der Waals surface area (Å²) in [6.07, 6.45) is 11.1. The molecule has 1 saturated heterocycles. The molecule has 0 radical (unpaired) electrons. The van der Waals surface area contributed by atoms with Gasteiger partial charge in [-0.05, 0) is 99.7 Å². The number of aromatic nitrogens is 7. The molecule has 0 atom stereocenters. The van der Waals surface area contributed by atoms with Gasteiger partial charge in [-0.15, -0.1) is 10.2 Å². The number of hydrogen-bond acceptors (Lipinski definition) is 16. The molecule has 65 heavy (non-hydrogen) atoms. The molecule has 9 rings (SSSR count). The monoisotopic (exact) mass is 883 g/mol. The van der Waals surface area contributed by atoms with Crippen molar-refractivity contribution in [2.24, 2.45) is 5.41 Å². The summed E-state index contributed by atoms with van der Waals surface area (Å²) in [4.78, 5) is 77.5.